The zero-order valence-corrected chi connectivity index (χ0v) is 9.49. The zero-order valence-electron chi connectivity index (χ0n) is 9.49. The molecule has 18 heavy (non-hydrogen) atoms. The molecule has 2 aromatic heterocycles. The molecule has 0 aliphatic carbocycles. The van der Waals surface area contributed by atoms with E-state index in [2.05, 4.69) is 19.7 Å². The van der Waals surface area contributed by atoms with Gasteiger partial charge in [-0.3, -0.25) is 0 Å². The van der Waals surface area contributed by atoms with E-state index >= 15 is 0 Å². The maximum absolute atomic E-state index is 11.6. The van der Waals surface area contributed by atoms with Crippen LogP contribution >= 0.6 is 0 Å². The van der Waals surface area contributed by atoms with Crippen molar-refractivity contribution < 1.29 is 9.53 Å². The molecule has 0 aliphatic heterocycles. The third-order valence-corrected chi connectivity index (χ3v) is 2.24. The van der Waals surface area contributed by atoms with Crippen molar-refractivity contribution in [1.29, 1.82) is 5.26 Å². The Morgan fingerprint density at radius 1 is 1.39 bits per heavy atom. The van der Waals surface area contributed by atoms with Crippen molar-refractivity contribution in [1.82, 2.24) is 15.0 Å². The Kier molecular flexibility index (Phi) is 3.25. The number of hydrogen-bond acceptors (Lipinski definition) is 6. The number of ether oxygens (including phenoxy) is 1. The lowest BCUT2D eigenvalue weighted by molar-refractivity contribution is 0.0601. The van der Waals surface area contributed by atoms with Crippen LogP contribution in [0.3, 0.4) is 0 Å². The van der Waals surface area contributed by atoms with Crippen molar-refractivity contribution >= 4 is 5.97 Å². The summed E-state index contributed by atoms with van der Waals surface area (Å²) in [6, 6.07) is 6.47. The summed E-state index contributed by atoms with van der Waals surface area (Å²) in [5.74, 6) is -0.527. The van der Waals surface area contributed by atoms with E-state index in [4.69, 9.17) is 5.26 Å². The monoisotopic (exact) mass is 240 g/mol. The van der Waals surface area contributed by atoms with Crippen LogP contribution in [0.4, 0.5) is 0 Å². The lowest BCUT2D eigenvalue weighted by Gasteiger charge is -2.06. The number of hydrogen-bond donors (Lipinski definition) is 0. The molecule has 2 rings (SSSR count). The highest BCUT2D eigenvalue weighted by molar-refractivity contribution is 5.95. The van der Waals surface area contributed by atoms with Gasteiger partial charge in [0.1, 0.15) is 23.8 Å². The van der Waals surface area contributed by atoms with E-state index in [1.165, 1.54) is 31.8 Å². The van der Waals surface area contributed by atoms with Gasteiger partial charge in [0.05, 0.1) is 18.4 Å². The lowest BCUT2D eigenvalue weighted by atomic mass is 10.1. The highest BCUT2D eigenvalue weighted by atomic mass is 16.5. The molecule has 6 nitrogen and oxygen atoms in total. The molecule has 2 aromatic rings. The number of nitriles is 1. The molecule has 0 aliphatic rings. The van der Waals surface area contributed by atoms with E-state index < -0.39 is 5.97 Å². The van der Waals surface area contributed by atoms with Gasteiger partial charge in [-0.05, 0) is 18.2 Å². The van der Waals surface area contributed by atoms with Crippen LogP contribution in [0.25, 0.3) is 11.4 Å². The van der Waals surface area contributed by atoms with Gasteiger partial charge in [0, 0.05) is 6.20 Å². The second kappa shape index (κ2) is 5.01. The van der Waals surface area contributed by atoms with Crippen molar-refractivity contribution in [3.05, 3.63) is 42.0 Å². The minimum Gasteiger partial charge on any atom is -0.465 e. The molecule has 2 heterocycles. The van der Waals surface area contributed by atoms with Gasteiger partial charge in [0.15, 0.2) is 0 Å². The molecule has 0 fully saturated rings. The Morgan fingerprint density at radius 3 is 2.83 bits per heavy atom. The molecule has 0 saturated heterocycles. The number of methoxy groups -OCH3 is 1. The number of pyridine rings is 1. The number of rotatable bonds is 2. The first-order valence-corrected chi connectivity index (χ1v) is 5.02. The standard InChI is InChI=1S/C12H8N4O2/c1-18-12(17)9-3-2-8(6-13)16-11(9)10-4-5-14-7-15-10/h2-5,7H,1H3. The van der Waals surface area contributed by atoms with Crippen molar-refractivity contribution in [3.63, 3.8) is 0 Å². The number of nitrogens with zero attached hydrogens (tertiary/aromatic N) is 4. The molecule has 0 unspecified atom stereocenters. The Balaban J connectivity index is 2.63. The fourth-order valence-corrected chi connectivity index (χ4v) is 1.42. The van der Waals surface area contributed by atoms with Gasteiger partial charge in [-0.2, -0.15) is 5.26 Å². The summed E-state index contributed by atoms with van der Waals surface area (Å²) in [6.45, 7) is 0. The van der Waals surface area contributed by atoms with Gasteiger partial charge >= 0.3 is 5.97 Å². The first-order chi connectivity index (χ1) is 8.76. The van der Waals surface area contributed by atoms with Crippen molar-refractivity contribution in [2.45, 2.75) is 0 Å². The smallest absolute Gasteiger partial charge is 0.340 e. The summed E-state index contributed by atoms with van der Waals surface area (Å²) in [6.07, 6.45) is 2.88. The predicted molar refractivity (Wildman–Crippen MR) is 61.3 cm³/mol. The van der Waals surface area contributed by atoms with Crippen LogP contribution in [0.2, 0.25) is 0 Å². The third-order valence-electron chi connectivity index (χ3n) is 2.24. The molecule has 0 spiro atoms. The molecule has 6 heteroatoms. The van der Waals surface area contributed by atoms with Crippen LogP contribution in [0.1, 0.15) is 16.1 Å². The van der Waals surface area contributed by atoms with Crippen LogP contribution in [0, 0.1) is 11.3 Å². The first-order valence-electron chi connectivity index (χ1n) is 5.02. The lowest BCUT2D eigenvalue weighted by Crippen LogP contribution is -2.06. The Morgan fingerprint density at radius 2 is 2.22 bits per heavy atom. The summed E-state index contributed by atoms with van der Waals surface area (Å²) in [4.78, 5) is 23.5. The predicted octanol–water partition coefficient (Wildman–Crippen LogP) is 1.20. The summed E-state index contributed by atoms with van der Waals surface area (Å²) in [7, 11) is 1.28. The van der Waals surface area contributed by atoms with Crippen LogP contribution < -0.4 is 0 Å². The fourth-order valence-electron chi connectivity index (χ4n) is 1.42. The second-order valence-corrected chi connectivity index (χ2v) is 3.29. The van der Waals surface area contributed by atoms with Gasteiger partial charge in [-0.25, -0.2) is 19.7 Å². The summed E-state index contributed by atoms with van der Waals surface area (Å²) in [5, 5.41) is 8.83. The Hall–Kier alpha value is -2.81. The van der Waals surface area contributed by atoms with Crippen LogP contribution in [0.15, 0.2) is 30.7 Å². The fraction of sp³-hybridized carbons (Fsp3) is 0.0833. The summed E-state index contributed by atoms with van der Waals surface area (Å²) >= 11 is 0. The Bertz CT molecular complexity index is 620. The topological polar surface area (TPSA) is 88.8 Å². The van der Waals surface area contributed by atoms with Gasteiger partial charge < -0.3 is 4.74 Å². The highest BCUT2D eigenvalue weighted by Gasteiger charge is 2.16. The molecular formula is C12H8N4O2. The van der Waals surface area contributed by atoms with E-state index in [0.29, 0.717) is 11.4 Å². The molecule has 0 radical (unpaired) electrons. The largest absolute Gasteiger partial charge is 0.465 e. The maximum Gasteiger partial charge on any atom is 0.340 e. The average Bonchev–Trinajstić information content (AvgIpc) is 2.46. The Labute approximate surface area is 103 Å². The van der Waals surface area contributed by atoms with E-state index in [1.54, 1.807) is 6.07 Å². The van der Waals surface area contributed by atoms with E-state index in [-0.39, 0.29) is 11.3 Å². The maximum atomic E-state index is 11.6. The number of carbonyl (C=O) groups excluding carboxylic acids is 1. The zero-order chi connectivity index (χ0) is 13.0. The molecule has 0 N–H and O–H groups in total. The minimum atomic E-state index is -0.527. The van der Waals surface area contributed by atoms with Crippen molar-refractivity contribution in [2.24, 2.45) is 0 Å². The molecule has 88 valence electrons. The normalized spacial score (nSPS) is 9.56. The van der Waals surface area contributed by atoms with Gasteiger partial charge in [0.25, 0.3) is 0 Å². The molecular weight excluding hydrogens is 232 g/mol. The summed E-state index contributed by atoms with van der Waals surface area (Å²) < 4.78 is 4.67. The second-order valence-electron chi connectivity index (χ2n) is 3.29. The minimum absolute atomic E-state index is 0.205. The van der Waals surface area contributed by atoms with Gasteiger partial charge in [-0.15, -0.1) is 0 Å². The molecule has 0 bridgehead atoms. The van der Waals surface area contributed by atoms with Crippen LogP contribution in [-0.4, -0.2) is 28.0 Å². The third kappa shape index (κ3) is 2.15. The van der Waals surface area contributed by atoms with Crippen LogP contribution in [0.5, 0.6) is 0 Å². The van der Waals surface area contributed by atoms with Crippen molar-refractivity contribution in [3.8, 4) is 17.5 Å². The number of aromatic nitrogens is 3. The van der Waals surface area contributed by atoms with Crippen LogP contribution in [-0.2, 0) is 4.74 Å². The number of esters is 1. The van der Waals surface area contributed by atoms with Crippen molar-refractivity contribution in [2.75, 3.05) is 7.11 Å². The molecule has 0 amide bonds. The van der Waals surface area contributed by atoms with Gasteiger partial charge in [-0.1, -0.05) is 0 Å². The first kappa shape index (κ1) is 11.7. The van der Waals surface area contributed by atoms with Gasteiger partial charge in [0.2, 0.25) is 0 Å². The SMILES string of the molecule is COC(=O)c1ccc(C#N)nc1-c1ccncn1. The highest BCUT2D eigenvalue weighted by Crippen LogP contribution is 2.20. The van der Waals surface area contributed by atoms with E-state index in [0.717, 1.165) is 0 Å². The average molecular weight is 240 g/mol. The quantitative estimate of drug-likeness (QED) is 0.732. The van der Waals surface area contributed by atoms with E-state index in [9.17, 15) is 4.79 Å². The molecule has 0 atom stereocenters. The van der Waals surface area contributed by atoms with E-state index in [1.807, 2.05) is 6.07 Å². The molecule has 0 saturated carbocycles. The molecule has 0 aromatic carbocycles. The summed E-state index contributed by atoms with van der Waals surface area (Å²) in [5.41, 5.74) is 1.23. The number of carbonyl (C=O) groups is 1.